The normalized spacial score (nSPS) is 13.9. The van der Waals surface area contributed by atoms with Gasteiger partial charge in [-0.25, -0.2) is 0 Å². The number of fused-ring (bicyclic) bond motifs is 1. The highest BCUT2D eigenvalue weighted by Crippen LogP contribution is 2.32. The van der Waals surface area contributed by atoms with Crippen molar-refractivity contribution in [2.75, 3.05) is 6.54 Å². The number of aryl methyl sites for hydroxylation is 1. The van der Waals surface area contributed by atoms with Crippen LogP contribution in [0.3, 0.4) is 0 Å². The van der Waals surface area contributed by atoms with Gasteiger partial charge in [-0.1, -0.05) is 33.8 Å². The molecule has 2 heteroatoms. The Morgan fingerprint density at radius 2 is 1.90 bits per heavy atom. The van der Waals surface area contributed by atoms with Gasteiger partial charge in [-0.3, -0.25) is 0 Å². The van der Waals surface area contributed by atoms with Crippen LogP contribution in [0, 0.1) is 6.92 Å². The van der Waals surface area contributed by atoms with E-state index in [0.717, 1.165) is 24.3 Å². The van der Waals surface area contributed by atoms with Crippen molar-refractivity contribution in [3.05, 3.63) is 35.1 Å². The molecule has 1 heterocycles. The number of furan rings is 1. The Morgan fingerprint density at radius 3 is 2.50 bits per heavy atom. The van der Waals surface area contributed by atoms with E-state index in [2.05, 4.69) is 65.1 Å². The van der Waals surface area contributed by atoms with Crippen LogP contribution in [0.25, 0.3) is 11.0 Å². The first-order valence-corrected chi connectivity index (χ1v) is 7.61. The smallest absolute Gasteiger partial charge is 0.137 e. The summed E-state index contributed by atoms with van der Waals surface area (Å²) in [6, 6.07) is 6.96. The fourth-order valence-electron chi connectivity index (χ4n) is 2.46. The largest absolute Gasteiger partial charge is 0.459 e. The van der Waals surface area contributed by atoms with E-state index in [1.54, 1.807) is 0 Å². The lowest BCUT2D eigenvalue weighted by Gasteiger charge is -2.19. The molecule has 0 amide bonds. The average Bonchev–Trinajstić information content (AvgIpc) is 2.79. The molecule has 0 aliphatic carbocycles. The van der Waals surface area contributed by atoms with Crippen LogP contribution in [0.5, 0.6) is 0 Å². The number of rotatable bonds is 4. The summed E-state index contributed by atoms with van der Waals surface area (Å²) in [5.74, 6) is 1.03. The minimum atomic E-state index is 0.169. The first-order valence-electron chi connectivity index (χ1n) is 7.61. The highest BCUT2D eigenvalue weighted by molar-refractivity contribution is 5.82. The monoisotopic (exact) mass is 273 g/mol. The van der Waals surface area contributed by atoms with Crippen LogP contribution < -0.4 is 5.32 Å². The van der Waals surface area contributed by atoms with Crippen LogP contribution >= 0.6 is 0 Å². The van der Waals surface area contributed by atoms with Crippen LogP contribution in [0.4, 0.5) is 0 Å². The van der Waals surface area contributed by atoms with E-state index >= 15 is 0 Å². The van der Waals surface area contributed by atoms with Crippen LogP contribution in [0.15, 0.2) is 22.6 Å². The summed E-state index contributed by atoms with van der Waals surface area (Å²) in [5, 5.41) is 4.70. The third kappa shape index (κ3) is 3.06. The molecule has 2 nitrogen and oxygen atoms in total. The topological polar surface area (TPSA) is 25.2 Å². The van der Waals surface area contributed by atoms with Crippen molar-refractivity contribution in [1.82, 2.24) is 5.32 Å². The lowest BCUT2D eigenvalue weighted by atomic mass is 9.85. The van der Waals surface area contributed by atoms with Crippen molar-refractivity contribution < 1.29 is 4.42 Å². The maximum absolute atomic E-state index is 6.06. The number of hydrogen-bond donors (Lipinski definition) is 1. The van der Waals surface area contributed by atoms with Crippen LogP contribution in [0.2, 0.25) is 0 Å². The van der Waals surface area contributed by atoms with Gasteiger partial charge < -0.3 is 9.73 Å². The Hall–Kier alpha value is -1.28. The summed E-state index contributed by atoms with van der Waals surface area (Å²) < 4.78 is 6.06. The van der Waals surface area contributed by atoms with Gasteiger partial charge in [0.2, 0.25) is 0 Å². The Balaban J connectivity index is 2.41. The Kier molecular flexibility index (Phi) is 4.24. The predicted octanol–water partition coefficient (Wildman–Crippen LogP) is 5.10. The lowest BCUT2D eigenvalue weighted by Crippen LogP contribution is -2.18. The number of nitrogens with one attached hydrogen (secondary N) is 1. The van der Waals surface area contributed by atoms with Gasteiger partial charge in [0.1, 0.15) is 11.3 Å². The van der Waals surface area contributed by atoms with Crippen molar-refractivity contribution in [3.63, 3.8) is 0 Å². The van der Waals surface area contributed by atoms with Gasteiger partial charge in [0.15, 0.2) is 0 Å². The summed E-state index contributed by atoms with van der Waals surface area (Å²) in [6.07, 6.45) is 1.14. The van der Waals surface area contributed by atoms with Crippen LogP contribution in [-0.4, -0.2) is 6.54 Å². The van der Waals surface area contributed by atoms with E-state index in [0.29, 0.717) is 0 Å². The predicted molar refractivity (Wildman–Crippen MR) is 86.4 cm³/mol. The van der Waals surface area contributed by atoms with E-state index in [9.17, 15) is 0 Å². The lowest BCUT2D eigenvalue weighted by molar-refractivity contribution is 0.451. The molecule has 0 saturated heterocycles. The van der Waals surface area contributed by atoms with Crippen molar-refractivity contribution in [1.29, 1.82) is 0 Å². The summed E-state index contributed by atoms with van der Waals surface area (Å²) in [6.45, 7) is 14.2. The second kappa shape index (κ2) is 5.61. The molecule has 20 heavy (non-hydrogen) atoms. The van der Waals surface area contributed by atoms with Gasteiger partial charge in [0, 0.05) is 5.39 Å². The minimum absolute atomic E-state index is 0.169. The maximum Gasteiger partial charge on any atom is 0.137 e. The number of benzene rings is 1. The summed E-state index contributed by atoms with van der Waals surface area (Å²) in [5.41, 5.74) is 3.78. The van der Waals surface area contributed by atoms with Crippen molar-refractivity contribution in [3.8, 4) is 0 Å². The molecule has 1 aromatic carbocycles. The first-order chi connectivity index (χ1) is 9.32. The zero-order chi connectivity index (χ0) is 14.9. The van der Waals surface area contributed by atoms with Crippen LogP contribution in [0.1, 0.15) is 64.0 Å². The molecule has 0 fully saturated rings. The average molecular weight is 273 g/mol. The Bertz CT molecular complexity index is 589. The SMILES string of the molecule is CCCNC(C)c1cc2cc(C(C)(C)C)cc(C)c2o1. The molecule has 110 valence electrons. The number of hydrogen-bond acceptors (Lipinski definition) is 2. The summed E-state index contributed by atoms with van der Waals surface area (Å²) in [7, 11) is 0. The summed E-state index contributed by atoms with van der Waals surface area (Å²) >= 11 is 0. The summed E-state index contributed by atoms with van der Waals surface area (Å²) in [4.78, 5) is 0. The molecule has 0 bridgehead atoms. The van der Waals surface area contributed by atoms with Gasteiger partial charge in [-0.15, -0.1) is 0 Å². The Morgan fingerprint density at radius 1 is 1.20 bits per heavy atom. The van der Waals surface area contributed by atoms with E-state index in [-0.39, 0.29) is 11.5 Å². The van der Waals surface area contributed by atoms with Gasteiger partial charge >= 0.3 is 0 Å². The fraction of sp³-hybridized carbons (Fsp3) is 0.556. The zero-order valence-electron chi connectivity index (χ0n) is 13.6. The van der Waals surface area contributed by atoms with Crippen molar-refractivity contribution in [2.24, 2.45) is 0 Å². The third-order valence-corrected chi connectivity index (χ3v) is 3.81. The van der Waals surface area contributed by atoms with E-state index in [1.807, 2.05) is 0 Å². The molecule has 0 saturated carbocycles. The van der Waals surface area contributed by atoms with Crippen molar-refractivity contribution >= 4 is 11.0 Å². The molecular weight excluding hydrogens is 246 g/mol. The second-order valence-corrected chi connectivity index (χ2v) is 6.79. The van der Waals surface area contributed by atoms with Gasteiger partial charge in [0.25, 0.3) is 0 Å². The van der Waals surface area contributed by atoms with E-state index in [1.165, 1.54) is 16.5 Å². The molecule has 0 radical (unpaired) electrons. The standard InChI is InChI=1S/C18H27NO/c1-7-8-19-13(3)16-11-14-10-15(18(4,5)6)9-12(2)17(14)20-16/h9-11,13,19H,7-8H2,1-6H3. The maximum atomic E-state index is 6.06. The molecule has 0 aliphatic heterocycles. The molecule has 2 rings (SSSR count). The molecule has 0 aliphatic rings. The second-order valence-electron chi connectivity index (χ2n) is 6.79. The van der Waals surface area contributed by atoms with E-state index in [4.69, 9.17) is 4.42 Å². The quantitative estimate of drug-likeness (QED) is 0.838. The first kappa shape index (κ1) is 15.1. The van der Waals surface area contributed by atoms with Crippen LogP contribution in [-0.2, 0) is 5.41 Å². The molecular formula is C18H27NO. The Labute approximate surface area is 122 Å². The molecule has 1 unspecified atom stereocenters. The zero-order valence-corrected chi connectivity index (χ0v) is 13.6. The minimum Gasteiger partial charge on any atom is -0.459 e. The molecule has 1 aromatic heterocycles. The molecule has 1 atom stereocenters. The van der Waals surface area contributed by atoms with Crippen molar-refractivity contribution in [2.45, 2.75) is 59.4 Å². The van der Waals surface area contributed by atoms with Gasteiger partial charge in [-0.05, 0) is 55.5 Å². The van der Waals surface area contributed by atoms with Gasteiger partial charge in [0.05, 0.1) is 6.04 Å². The highest BCUT2D eigenvalue weighted by atomic mass is 16.3. The third-order valence-electron chi connectivity index (χ3n) is 3.81. The fourth-order valence-corrected chi connectivity index (χ4v) is 2.46. The molecule has 1 N–H and O–H groups in total. The highest BCUT2D eigenvalue weighted by Gasteiger charge is 2.18. The van der Waals surface area contributed by atoms with Gasteiger partial charge in [-0.2, -0.15) is 0 Å². The van der Waals surface area contributed by atoms with E-state index < -0.39 is 0 Å². The molecule has 0 spiro atoms. The molecule has 2 aromatic rings.